The molecule has 0 aromatic heterocycles. The first-order chi connectivity index (χ1) is 24.7. The molecule has 3 atom stereocenters. The van der Waals surface area contributed by atoms with Crippen LogP contribution in [0.25, 0.3) is 11.1 Å². The highest BCUT2D eigenvalue weighted by Crippen LogP contribution is 2.39. The number of halogens is 5. The van der Waals surface area contributed by atoms with Crippen molar-refractivity contribution >= 4 is 5.91 Å². The number of hydrogen-bond acceptors (Lipinski definition) is 5. The normalized spacial score (nSPS) is 19.4. The van der Waals surface area contributed by atoms with Crippen LogP contribution in [0.5, 0.6) is 0 Å². The molecule has 0 bridgehead atoms. The van der Waals surface area contributed by atoms with Crippen molar-refractivity contribution in [3.8, 4) is 11.1 Å². The SMILES string of the molecule is C=CCN(CC1CC(c2ccc(CO)cc2)OC(c2ccc(-c3ccccc3CNC(=O)c3c(F)c(F)c(F)c(F)c3F)cc2)O1)C1CCCC1. The lowest BCUT2D eigenvalue weighted by Crippen LogP contribution is -2.43. The molecule has 2 aliphatic rings. The molecule has 1 saturated carbocycles. The lowest BCUT2D eigenvalue weighted by atomic mass is 9.97. The Morgan fingerprint density at radius 3 is 2.12 bits per heavy atom. The fourth-order valence-corrected chi connectivity index (χ4v) is 6.95. The van der Waals surface area contributed by atoms with E-state index in [1.54, 1.807) is 24.3 Å². The first kappa shape index (κ1) is 36.4. The molecule has 2 fully saturated rings. The number of aliphatic hydroxyl groups excluding tert-OH is 1. The first-order valence-electron chi connectivity index (χ1n) is 17.0. The summed E-state index contributed by atoms with van der Waals surface area (Å²) >= 11 is 0. The zero-order valence-corrected chi connectivity index (χ0v) is 27.9. The summed E-state index contributed by atoms with van der Waals surface area (Å²) in [4.78, 5) is 15.1. The van der Waals surface area contributed by atoms with E-state index in [2.05, 4.69) is 16.8 Å². The number of aliphatic hydroxyl groups is 1. The minimum atomic E-state index is -2.33. The summed E-state index contributed by atoms with van der Waals surface area (Å²) in [5, 5.41) is 11.8. The first-order valence-corrected chi connectivity index (χ1v) is 17.0. The van der Waals surface area contributed by atoms with Crippen LogP contribution >= 0.6 is 0 Å². The van der Waals surface area contributed by atoms with Crippen LogP contribution in [0.3, 0.4) is 0 Å². The van der Waals surface area contributed by atoms with Crippen LogP contribution in [0, 0.1) is 29.1 Å². The highest BCUT2D eigenvalue weighted by atomic mass is 19.2. The Kier molecular flexibility index (Phi) is 11.6. The number of hydrogen-bond donors (Lipinski definition) is 2. The Bertz CT molecular complexity index is 1820. The van der Waals surface area contributed by atoms with Crippen molar-refractivity contribution in [1.29, 1.82) is 0 Å². The van der Waals surface area contributed by atoms with E-state index in [1.165, 1.54) is 12.8 Å². The molecule has 1 aliphatic carbocycles. The quantitative estimate of drug-likeness (QED) is 0.0670. The molecule has 1 heterocycles. The summed E-state index contributed by atoms with van der Waals surface area (Å²) in [7, 11) is 0. The third-order valence-corrected chi connectivity index (χ3v) is 9.65. The van der Waals surface area contributed by atoms with E-state index < -0.39 is 46.8 Å². The zero-order valence-electron chi connectivity index (χ0n) is 27.9. The van der Waals surface area contributed by atoms with Crippen LogP contribution in [0.2, 0.25) is 0 Å². The molecule has 1 saturated heterocycles. The van der Waals surface area contributed by atoms with Crippen LogP contribution in [-0.4, -0.2) is 41.1 Å². The van der Waals surface area contributed by atoms with Crippen LogP contribution in [0.4, 0.5) is 22.0 Å². The molecular weight excluding hydrogens is 667 g/mol. The second-order valence-corrected chi connectivity index (χ2v) is 12.9. The fraction of sp³-hybridized carbons (Fsp3) is 0.325. The van der Waals surface area contributed by atoms with Crippen molar-refractivity contribution < 1.29 is 41.3 Å². The molecule has 3 unspecified atom stereocenters. The summed E-state index contributed by atoms with van der Waals surface area (Å²) in [6.07, 6.45) is 6.24. The molecule has 0 radical (unpaired) electrons. The Hall–Kier alpha value is -4.42. The van der Waals surface area contributed by atoms with Crippen molar-refractivity contribution in [3.05, 3.63) is 142 Å². The van der Waals surface area contributed by atoms with Gasteiger partial charge in [-0.2, -0.15) is 0 Å². The summed E-state index contributed by atoms with van der Waals surface area (Å²) in [5.74, 6) is -12.5. The van der Waals surface area contributed by atoms with Gasteiger partial charge in [0.25, 0.3) is 5.91 Å². The predicted molar refractivity (Wildman–Crippen MR) is 182 cm³/mol. The van der Waals surface area contributed by atoms with Crippen LogP contribution in [-0.2, 0) is 22.6 Å². The predicted octanol–water partition coefficient (Wildman–Crippen LogP) is 8.45. The van der Waals surface area contributed by atoms with Gasteiger partial charge in [-0.1, -0.05) is 91.7 Å². The van der Waals surface area contributed by atoms with E-state index in [4.69, 9.17) is 9.47 Å². The van der Waals surface area contributed by atoms with E-state index >= 15 is 0 Å². The monoisotopic (exact) mass is 706 g/mol. The second-order valence-electron chi connectivity index (χ2n) is 12.9. The Labute approximate surface area is 293 Å². The van der Waals surface area contributed by atoms with Gasteiger partial charge in [0.2, 0.25) is 5.82 Å². The molecule has 6 nitrogen and oxygen atoms in total. The van der Waals surface area contributed by atoms with E-state index in [1.807, 2.05) is 54.6 Å². The maximum atomic E-state index is 14.2. The Morgan fingerprint density at radius 1 is 0.843 bits per heavy atom. The van der Waals surface area contributed by atoms with Gasteiger partial charge >= 0.3 is 0 Å². The summed E-state index contributed by atoms with van der Waals surface area (Å²) in [6, 6.07) is 22.7. The molecule has 0 spiro atoms. The second kappa shape index (κ2) is 16.3. The van der Waals surface area contributed by atoms with Gasteiger partial charge in [0, 0.05) is 37.7 Å². The van der Waals surface area contributed by atoms with Gasteiger partial charge in [0.05, 0.1) is 18.8 Å². The van der Waals surface area contributed by atoms with Crippen LogP contribution in [0.15, 0.2) is 85.5 Å². The Morgan fingerprint density at radius 2 is 1.47 bits per heavy atom. The van der Waals surface area contributed by atoms with E-state index in [0.717, 1.165) is 48.2 Å². The van der Waals surface area contributed by atoms with E-state index in [0.29, 0.717) is 23.6 Å². The van der Waals surface area contributed by atoms with Crippen LogP contribution < -0.4 is 5.32 Å². The highest BCUT2D eigenvalue weighted by Gasteiger charge is 2.35. The molecule has 1 amide bonds. The van der Waals surface area contributed by atoms with Crippen molar-refractivity contribution in [3.63, 3.8) is 0 Å². The van der Waals surface area contributed by atoms with Gasteiger partial charge in [-0.3, -0.25) is 9.69 Å². The average Bonchev–Trinajstić information content (AvgIpc) is 3.71. The third-order valence-electron chi connectivity index (χ3n) is 9.65. The van der Waals surface area contributed by atoms with Gasteiger partial charge < -0.3 is 19.9 Å². The van der Waals surface area contributed by atoms with Crippen molar-refractivity contribution in [2.45, 2.75) is 69.8 Å². The van der Waals surface area contributed by atoms with Gasteiger partial charge in [-0.25, -0.2) is 22.0 Å². The van der Waals surface area contributed by atoms with Crippen molar-refractivity contribution in [1.82, 2.24) is 10.2 Å². The smallest absolute Gasteiger partial charge is 0.257 e. The average molecular weight is 707 g/mol. The minimum Gasteiger partial charge on any atom is -0.392 e. The summed E-state index contributed by atoms with van der Waals surface area (Å²) < 4.78 is 82.5. The zero-order chi connectivity index (χ0) is 36.1. The minimum absolute atomic E-state index is 0.0504. The summed E-state index contributed by atoms with van der Waals surface area (Å²) in [5.41, 5.74) is 3.02. The molecule has 4 aromatic carbocycles. The van der Waals surface area contributed by atoms with Gasteiger partial charge in [-0.05, 0) is 40.7 Å². The number of carbonyl (C=O) groups excluding carboxylic acids is 1. The molecular formula is C40H39F5N2O4. The highest BCUT2D eigenvalue weighted by molar-refractivity contribution is 5.95. The molecule has 11 heteroatoms. The van der Waals surface area contributed by atoms with Crippen molar-refractivity contribution in [2.24, 2.45) is 0 Å². The number of nitrogens with zero attached hydrogens (tertiary/aromatic N) is 1. The molecule has 4 aromatic rings. The van der Waals surface area contributed by atoms with Gasteiger partial charge in [-0.15, -0.1) is 6.58 Å². The maximum absolute atomic E-state index is 14.2. The third kappa shape index (κ3) is 8.07. The molecule has 2 N–H and O–H groups in total. The number of nitrogens with one attached hydrogen (secondary N) is 1. The Balaban J connectivity index is 1.21. The number of carbonyl (C=O) groups is 1. The van der Waals surface area contributed by atoms with E-state index in [-0.39, 0.29) is 25.4 Å². The van der Waals surface area contributed by atoms with E-state index in [9.17, 15) is 31.9 Å². The number of rotatable bonds is 12. The number of ether oxygens (including phenoxy) is 2. The van der Waals surface area contributed by atoms with Crippen LogP contribution in [0.1, 0.15) is 77.1 Å². The standard InChI is InChI=1S/C40H39F5N2O4/c1-2-19-47(29-8-4-5-9-29)22-30-20-32(26-13-11-24(23-48)12-14-26)51-40(50-30)27-17-15-25(16-18-27)31-10-6-3-7-28(31)21-46-39(49)33-34(41)36(43)38(45)37(44)35(33)42/h2-3,6-7,10-18,29-30,32,40,48H,1,4-5,8-9,19-23H2,(H,46,49). The number of benzene rings is 4. The fourth-order valence-electron chi connectivity index (χ4n) is 6.95. The lowest BCUT2D eigenvalue weighted by molar-refractivity contribution is -0.253. The molecule has 268 valence electrons. The number of amides is 1. The largest absolute Gasteiger partial charge is 0.392 e. The molecule has 51 heavy (non-hydrogen) atoms. The van der Waals surface area contributed by atoms with Crippen molar-refractivity contribution in [2.75, 3.05) is 13.1 Å². The molecule has 6 rings (SSSR count). The maximum Gasteiger partial charge on any atom is 0.257 e. The molecule has 1 aliphatic heterocycles. The van der Waals surface area contributed by atoms with Gasteiger partial charge in [0.1, 0.15) is 5.56 Å². The lowest BCUT2D eigenvalue weighted by Gasteiger charge is -2.39. The van der Waals surface area contributed by atoms with Gasteiger partial charge in [0.15, 0.2) is 29.6 Å². The summed E-state index contributed by atoms with van der Waals surface area (Å²) in [6.45, 7) is 5.18. The topological polar surface area (TPSA) is 71.0 Å².